The lowest BCUT2D eigenvalue weighted by Gasteiger charge is -2.15. The molecule has 88 valence electrons. The van der Waals surface area contributed by atoms with Crippen LogP contribution >= 0.6 is 0 Å². The molecule has 0 aliphatic carbocycles. The van der Waals surface area contributed by atoms with Gasteiger partial charge in [0.25, 0.3) is 0 Å². The first-order valence-corrected chi connectivity index (χ1v) is 5.90. The fourth-order valence-corrected chi connectivity index (χ4v) is 2.35. The van der Waals surface area contributed by atoms with Gasteiger partial charge in [-0.25, -0.2) is 4.68 Å². The van der Waals surface area contributed by atoms with Crippen molar-refractivity contribution in [1.29, 1.82) is 0 Å². The van der Waals surface area contributed by atoms with Crippen molar-refractivity contribution in [3.05, 3.63) is 41.1 Å². The molecule has 0 spiro atoms. The Labute approximate surface area is 100 Å². The van der Waals surface area contributed by atoms with Gasteiger partial charge in [-0.15, -0.1) is 0 Å². The molecule has 0 amide bonds. The number of benzene rings is 1. The molecule has 0 saturated heterocycles. The van der Waals surface area contributed by atoms with Crippen LogP contribution in [0.15, 0.2) is 24.3 Å². The molecule has 1 aliphatic heterocycles. The Morgan fingerprint density at radius 1 is 1.41 bits per heavy atom. The zero-order valence-corrected chi connectivity index (χ0v) is 9.90. The minimum absolute atomic E-state index is 0.647. The van der Waals surface area contributed by atoms with Crippen LogP contribution in [0.1, 0.15) is 16.8 Å². The number of hydrogen-bond donors (Lipinski definition) is 2. The van der Waals surface area contributed by atoms with Crippen molar-refractivity contribution in [2.75, 3.05) is 12.3 Å². The predicted octanol–water partition coefficient (Wildman–Crippen LogP) is 1.41. The molecule has 0 saturated carbocycles. The molecule has 0 atom stereocenters. The van der Waals surface area contributed by atoms with Crippen molar-refractivity contribution >= 4 is 5.82 Å². The van der Waals surface area contributed by atoms with Crippen LogP contribution in [-0.2, 0) is 13.0 Å². The number of aryl methyl sites for hydroxylation is 1. The van der Waals surface area contributed by atoms with Gasteiger partial charge < -0.3 is 11.1 Å². The lowest BCUT2D eigenvalue weighted by atomic mass is 10.1. The first-order chi connectivity index (χ1) is 8.25. The van der Waals surface area contributed by atoms with Gasteiger partial charge in [0, 0.05) is 25.1 Å². The van der Waals surface area contributed by atoms with Gasteiger partial charge in [0.1, 0.15) is 0 Å². The van der Waals surface area contributed by atoms with Crippen molar-refractivity contribution < 1.29 is 0 Å². The van der Waals surface area contributed by atoms with Crippen molar-refractivity contribution in [3.8, 4) is 5.69 Å². The van der Waals surface area contributed by atoms with Gasteiger partial charge >= 0.3 is 0 Å². The molecule has 1 aromatic heterocycles. The molecule has 17 heavy (non-hydrogen) atoms. The summed E-state index contributed by atoms with van der Waals surface area (Å²) in [6.07, 6.45) is 0.980. The number of nitrogens with two attached hydrogens (primary N) is 1. The number of hydrogen-bond acceptors (Lipinski definition) is 3. The maximum absolute atomic E-state index is 5.97. The first-order valence-electron chi connectivity index (χ1n) is 5.90. The summed E-state index contributed by atoms with van der Waals surface area (Å²) < 4.78 is 1.98. The lowest BCUT2D eigenvalue weighted by molar-refractivity contribution is 0.623. The van der Waals surface area contributed by atoms with Crippen LogP contribution in [0.25, 0.3) is 5.69 Å². The fraction of sp³-hybridized carbons (Fsp3) is 0.308. The molecule has 4 nitrogen and oxygen atoms in total. The van der Waals surface area contributed by atoms with Gasteiger partial charge in [0.2, 0.25) is 0 Å². The van der Waals surface area contributed by atoms with E-state index < -0.39 is 0 Å². The summed E-state index contributed by atoms with van der Waals surface area (Å²) in [6.45, 7) is 3.90. The first kappa shape index (κ1) is 10.4. The van der Waals surface area contributed by atoms with E-state index in [0.29, 0.717) is 5.82 Å². The molecule has 3 N–H and O–H groups in total. The Balaban J connectivity index is 2.15. The van der Waals surface area contributed by atoms with Crippen LogP contribution < -0.4 is 11.1 Å². The molecule has 0 bridgehead atoms. The van der Waals surface area contributed by atoms with Crippen LogP contribution in [0.4, 0.5) is 5.82 Å². The van der Waals surface area contributed by atoms with Crippen LogP contribution in [-0.4, -0.2) is 16.3 Å². The zero-order chi connectivity index (χ0) is 11.8. The molecule has 0 unspecified atom stereocenters. The van der Waals surface area contributed by atoms with Crippen molar-refractivity contribution in [2.45, 2.75) is 19.9 Å². The zero-order valence-electron chi connectivity index (χ0n) is 9.90. The maximum atomic E-state index is 5.97. The monoisotopic (exact) mass is 228 g/mol. The van der Waals surface area contributed by atoms with E-state index in [0.717, 1.165) is 30.8 Å². The summed E-state index contributed by atoms with van der Waals surface area (Å²) in [5.41, 5.74) is 10.7. The minimum Gasteiger partial charge on any atom is -0.382 e. The molecule has 2 aromatic rings. The van der Waals surface area contributed by atoms with E-state index in [1.807, 2.05) is 4.68 Å². The van der Waals surface area contributed by atoms with Crippen molar-refractivity contribution in [3.63, 3.8) is 0 Å². The molecule has 0 radical (unpaired) electrons. The Morgan fingerprint density at radius 3 is 3.12 bits per heavy atom. The van der Waals surface area contributed by atoms with E-state index in [-0.39, 0.29) is 0 Å². The number of nitrogens with zero attached hydrogens (tertiary/aromatic N) is 2. The van der Waals surface area contributed by atoms with E-state index in [1.54, 1.807) is 0 Å². The second-order valence-electron chi connectivity index (χ2n) is 4.49. The van der Waals surface area contributed by atoms with Crippen molar-refractivity contribution in [2.24, 2.45) is 0 Å². The normalized spacial score (nSPS) is 14.6. The fourth-order valence-electron chi connectivity index (χ4n) is 2.35. The van der Waals surface area contributed by atoms with E-state index >= 15 is 0 Å². The largest absolute Gasteiger partial charge is 0.382 e. The number of nitrogen functional groups attached to an aromatic ring is 1. The van der Waals surface area contributed by atoms with Gasteiger partial charge in [0.15, 0.2) is 5.82 Å². The minimum atomic E-state index is 0.647. The number of aromatic nitrogens is 2. The average Bonchev–Trinajstić information content (AvgIpc) is 2.68. The molecular formula is C13H16N4. The Bertz CT molecular complexity index is 557. The van der Waals surface area contributed by atoms with Crippen LogP contribution in [0, 0.1) is 6.92 Å². The highest BCUT2D eigenvalue weighted by Crippen LogP contribution is 2.23. The van der Waals surface area contributed by atoms with Gasteiger partial charge in [-0.3, -0.25) is 0 Å². The summed E-state index contributed by atoms with van der Waals surface area (Å²) in [7, 11) is 0. The highest BCUT2D eigenvalue weighted by atomic mass is 15.3. The van der Waals surface area contributed by atoms with E-state index in [9.17, 15) is 0 Å². The molecule has 1 aromatic carbocycles. The third-order valence-corrected chi connectivity index (χ3v) is 3.21. The van der Waals surface area contributed by atoms with E-state index in [4.69, 9.17) is 5.73 Å². The van der Waals surface area contributed by atoms with Crippen LogP contribution in [0.2, 0.25) is 0 Å². The summed E-state index contributed by atoms with van der Waals surface area (Å²) in [4.78, 5) is 0. The summed E-state index contributed by atoms with van der Waals surface area (Å²) in [6, 6.07) is 8.34. The van der Waals surface area contributed by atoms with E-state index in [2.05, 4.69) is 41.6 Å². The van der Waals surface area contributed by atoms with Crippen molar-refractivity contribution in [1.82, 2.24) is 15.1 Å². The number of rotatable bonds is 1. The lowest BCUT2D eigenvalue weighted by Crippen LogP contribution is -2.24. The molecule has 0 fully saturated rings. The number of fused-ring (bicyclic) bond motifs is 1. The average molecular weight is 228 g/mol. The highest BCUT2D eigenvalue weighted by molar-refractivity contribution is 5.48. The smallest absolute Gasteiger partial charge is 0.150 e. The van der Waals surface area contributed by atoms with Gasteiger partial charge in [-0.1, -0.05) is 12.1 Å². The summed E-state index contributed by atoms with van der Waals surface area (Å²) in [5.74, 6) is 0.647. The Morgan fingerprint density at radius 2 is 2.29 bits per heavy atom. The second kappa shape index (κ2) is 3.89. The standard InChI is InChI=1S/C13H16N4/c1-9-3-2-4-10(7-9)17-12-5-6-15-8-11(12)13(14)16-17/h2-4,7,15H,5-6,8H2,1H3,(H2,14,16). The van der Waals surface area contributed by atoms with Crippen LogP contribution in [0.3, 0.4) is 0 Å². The molecule has 2 heterocycles. The van der Waals surface area contributed by atoms with Gasteiger partial charge in [0.05, 0.1) is 11.4 Å². The Kier molecular flexibility index (Phi) is 2.37. The topological polar surface area (TPSA) is 55.9 Å². The Hall–Kier alpha value is -1.81. The predicted molar refractivity (Wildman–Crippen MR) is 68.1 cm³/mol. The molecule has 3 rings (SSSR count). The third kappa shape index (κ3) is 1.70. The highest BCUT2D eigenvalue weighted by Gasteiger charge is 2.19. The summed E-state index contributed by atoms with van der Waals surface area (Å²) in [5, 5.41) is 7.78. The van der Waals surface area contributed by atoms with Gasteiger partial charge in [-0.2, -0.15) is 5.10 Å². The van der Waals surface area contributed by atoms with Crippen LogP contribution in [0.5, 0.6) is 0 Å². The number of anilines is 1. The molecular weight excluding hydrogens is 212 g/mol. The quantitative estimate of drug-likeness (QED) is 0.776. The number of nitrogens with one attached hydrogen (secondary N) is 1. The second-order valence-corrected chi connectivity index (χ2v) is 4.49. The molecule has 1 aliphatic rings. The van der Waals surface area contributed by atoms with E-state index in [1.165, 1.54) is 11.3 Å². The maximum Gasteiger partial charge on any atom is 0.150 e. The third-order valence-electron chi connectivity index (χ3n) is 3.21. The molecule has 4 heteroatoms. The SMILES string of the molecule is Cc1cccc(-n2nc(N)c3c2CCNC3)c1. The summed E-state index contributed by atoms with van der Waals surface area (Å²) >= 11 is 0. The van der Waals surface area contributed by atoms with Gasteiger partial charge in [-0.05, 0) is 24.6 Å².